The minimum absolute atomic E-state index is 0.00424. The SMILES string of the molecule is CCCNC(=O)CCNC(C)c1ccc(F)cn1. The molecule has 2 N–H and O–H groups in total. The van der Waals surface area contributed by atoms with Crippen molar-refractivity contribution < 1.29 is 9.18 Å². The maximum absolute atomic E-state index is 12.7. The van der Waals surface area contributed by atoms with E-state index in [9.17, 15) is 9.18 Å². The molecule has 1 aromatic heterocycles. The standard InChI is InChI=1S/C13H20FN3O/c1-3-7-16-13(18)6-8-15-10(2)12-5-4-11(14)9-17-12/h4-5,9-10,15H,3,6-8H2,1-2H3,(H,16,18). The van der Waals surface area contributed by atoms with Crippen molar-refractivity contribution in [2.24, 2.45) is 0 Å². The molecule has 4 nitrogen and oxygen atoms in total. The molecule has 5 heteroatoms. The first-order valence-corrected chi connectivity index (χ1v) is 6.25. The second kappa shape index (κ2) is 7.76. The predicted octanol–water partition coefficient (Wildman–Crippen LogP) is 1.79. The minimum atomic E-state index is -0.343. The summed E-state index contributed by atoms with van der Waals surface area (Å²) in [7, 11) is 0. The van der Waals surface area contributed by atoms with Crippen LogP contribution in [0, 0.1) is 5.82 Å². The number of nitrogens with one attached hydrogen (secondary N) is 2. The molecule has 0 aliphatic rings. The summed E-state index contributed by atoms with van der Waals surface area (Å²) < 4.78 is 12.7. The van der Waals surface area contributed by atoms with Crippen molar-refractivity contribution >= 4 is 5.91 Å². The zero-order valence-corrected chi connectivity index (χ0v) is 10.9. The Balaban J connectivity index is 2.26. The fraction of sp³-hybridized carbons (Fsp3) is 0.538. The summed E-state index contributed by atoms with van der Waals surface area (Å²) in [5.74, 6) is -0.298. The van der Waals surface area contributed by atoms with Crippen molar-refractivity contribution in [3.05, 3.63) is 29.8 Å². The van der Waals surface area contributed by atoms with Crippen molar-refractivity contribution in [2.75, 3.05) is 13.1 Å². The zero-order valence-electron chi connectivity index (χ0n) is 10.9. The van der Waals surface area contributed by atoms with Crippen LogP contribution < -0.4 is 10.6 Å². The van der Waals surface area contributed by atoms with Crippen molar-refractivity contribution in [1.29, 1.82) is 0 Å². The predicted molar refractivity (Wildman–Crippen MR) is 68.5 cm³/mol. The molecule has 1 aromatic rings. The summed E-state index contributed by atoms with van der Waals surface area (Å²) in [5.41, 5.74) is 0.769. The van der Waals surface area contributed by atoms with Crippen molar-refractivity contribution in [3.8, 4) is 0 Å². The van der Waals surface area contributed by atoms with Crippen LogP contribution in [0.15, 0.2) is 18.3 Å². The van der Waals surface area contributed by atoms with Gasteiger partial charge in [-0.05, 0) is 25.5 Å². The van der Waals surface area contributed by atoms with Crippen molar-refractivity contribution in [1.82, 2.24) is 15.6 Å². The van der Waals surface area contributed by atoms with Gasteiger partial charge in [0.15, 0.2) is 0 Å². The molecule has 0 spiro atoms. The third-order valence-electron chi connectivity index (χ3n) is 2.57. The van der Waals surface area contributed by atoms with E-state index in [2.05, 4.69) is 15.6 Å². The molecule has 0 saturated carbocycles. The Kier molecular flexibility index (Phi) is 6.28. The highest BCUT2D eigenvalue weighted by atomic mass is 19.1. The monoisotopic (exact) mass is 253 g/mol. The topological polar surface area (TPSA) is 54.0 Å². The van der Waals surface area contributed by atoms with Crippen molar-refractivity contribution in [2.45, 2.75) is 32.7 Å². The lowest BCUT2D eigenvalue weighted by Gasteiger charge is -2.13. The Morgan fingerprint density at radius 2 is 2.22 bits per heavy atom. The molecule has 0 fully saturated rings. The molecule has 100 valence electrons. The van der Waals surface area contributed by atoms with Gasteiger partial charge in [0.1, 0.15) is 5.82 Å². The van der Waals surface area contributed by atoms with Gasteiger partial charge in [-0.1, -0.05) is 6.92 Å². The molecule has 1 unspecified atom stereocenters. The van der Waals surface area contributed by atoms with E-state index in [0.29, 0.717) is 19.5 Å². The number of aromatic nitrogens is 1. The average molecular weight is 253 g/mol. The Morgan fingerprint density at radius 3 is 2.83 bits per heavy atom. The van der Waals surface area contributed by atoms with Crippen LogP contribution in [0.2, 0.25) is 0 Å². The number of halogens is 1. The maximum atomic E-state index is 12.7. The summed E-state index contributed by atoms with van der Waals surface area (Å²) in [6.45, 7) is 5.24. The van der Waals surface area contributed by atoms with E-state index in [1.54, 1.807) is 6.07 Å². The van der Waals surface area contributed by atoms with Gasteiger partial charge in [0.25, 0.3) is 0 Å². The Morgan fingerprint density at radius 1 is 1.44 bits per heavy atom. The highest BCUT2D eigenvalue weighted by molar-refractivity contribution is 5.75. The van der Waals surface area contributed by atoms with Crippen LogP contribution in [0.3, 0.4) is 0 Å². The Hall–Kier alpha value is -1.49. The van der Waals surface area contributed by atoms with E-state index in [0.717, 1.165) is 12.1 Å². The molecule has 0 aliphatic carbocycles. The highest BCUT2D eigenvalue weighted by Gasteiger charge is 2.07. The van der Waals surface area contributed by atoms with E-state index >= 15 is 0 Å². The van der Waals surface area contributed by atoms with E-state index in [4.69, 9.17) is 0 Å². The van der Waals surface area contributed by atoms with Gasteiger partial charge in [-0.25, -0.2) is 4.39 Å². The van der Waals surface area contributed by atoms with Gasteiger partial charge < -0.3 is 10.6 Å². The molecule has 0 aromatic carbocycles. The highest BCUT2D eigenvalue weighted by Crippen LogP contribution is 2.08. The molecular formula is C13H20FN3O. The van der Waals surface area contributed by atoms with Crippen molar-refractivity contribution in [3.63, 3.8) is 0 Å². The minimum Gasteiger partial charge on any atom is -0.356 e. The largest absolute Gasteiger partial charge is 0.356 e. The van der Waals surface area contributed by atoms with Gasteiger partial charge in [0.2, 0.25) is 5.91 Å². The molecular weight excluding hydrogens is 233 g/mol. The number of rotatable bonds is 7. The second-order valence-electron chi connectivity index (χ2n) is 4.18. The number of hydrogen-bond donors (Lipinski definition) is 2. The quantitative estimate of drug-likeness (QED) is 0.779. The van der Waals surface area contributed by atoms with E-state index in [1.165, 1.54) is 12.3 Å². The number of nitrogens with zero attached hydrogens (tertiary/aromatic N) is 1. The zero-order chi connectivity index (χ0) is 13.4. The first-order valence-electron chi connectivity index (χ1n) is 6.25. The van der Waals surface area contributed by atoms with E-state index in [-0.39, 0.29) is 17.8 Å². The van der Waals surface area contributed by atoms with Gasteiger partial charge in [-0.2, -0.15) is 0 Å². The third-order valence-corrected chi connectivity index (χ3v) is 2.57. The fourth-order valence-corrected chi connectivity index (χ4v) is 1.50. The molecule has 18 heavy (non-hydrogen) atoms. The summed E-state index contributed by atoms with van der Waals surface area (Å²) in [6.07, 6.45) is 2.57. The molecule has 0 bridgehead atoms. The summed E-state index contributed by atoms with van der Waals surface area (Å²) in [5, 5.41) is 5.99. The summed E-state index contributed by atoms with van der Waals surface area (Å²) in [6, 6.07) is 3.03. The third kappa shape index (κ3) is 5.23. The lowest BCUT2D eigenvalue weighted by atomic mass is 10.2. The first kappa shape index (κ1) is 14.6. The molecule has 1 heterocycles. The van der Waals surface area contributed by atoms with E-state index in [1.807, 2.05) is 13.8 Å². The van der Waals surface area contributed by atoms with Crippen LogP contribution in [-0.4, -0.2) is 24.0 Å². The smallest absolute Gasteiger partial charge is 0.221 e. The number of hydrogen-bond acceptors (Lipinski definition) is 3. The van der Waals surface area contributed by atoms with Crippen LogP contribution in [0.1, 0.15) is 38.4 Å². The molecule has 1 amide bonds. The van der Waals surface area contributed by atoms with Crippen LogP contribution in [0.25, 0.3) is 0 Å². The lowest BCUT2D eigenvalue weighted by Crippen LogP contribution is -2.29. The molecule has 0 saturated heterocycles. The number of carbonyl (C=O) groups excluding carboxylic acids is 1. The Labute approximate surface area is 107 Å². The average Bonchev–Trinajstić information content (AvgIpc) is 2.37. The molecule has 0 radical (unpaired) electrons. The van der Waals surface area contributed by atoms with Gasteiger partial charge >= 0.3 is 0 Å². The van der Waals surface area contributed by atoms with Gasteiger partial charge in [-0.15, -0.1) is 0 Å². The van der Waals surface area contributed by atoms with Gasteiger partial charge in [0, 0.05) is 25.6 Å². The first-order chi connectivity index (χ1) is 8.63. The van der Waals surface area contributed by atoms with Crippen LogP contribution >= 0.6 is 0 Å². The Bertz CT molecular complexity index is 367. The molecule has 0 aliphatic heterocycles. The number of amides is 1. The van der Waals surface area contributed by atoms with Crippen LogP contribution in [0.4, 0.5) is 4.39 Å². The molecule has 1 rings (SSSR count). The second-order valence-corrected chi connectivity index (χ2v) is 4.18. The maximum Gasteiger partial charge on any atom is 0.221 e. The normalized spacial score (nSPS) is 12.2. The summed E-state index contributed by atoms with van der Waals surface area (Å²) >= 11 is 0. The van der Waals surface area contributed by atoms with E-state index < -0.39 is 0 Å². The van der Waals surface area contributed by atoms with Gasteiger partial charge in [-0.3, -0.25) is 9.78 Å². The number of carbonyl (C=O) groups is 1. The molecule has 1 atom stereocenters. The fourth-order valence-electron chi connectivity index (χ4n) is 1.50. The summed E-state index contributed by atoms with van der Waals surface area (Å²) in [4.78, 5) is 15.3. The van der Waals surface area contributed by atoms with Crippen LogP contribution in [-0.2, 0) is 4.79 Å². The number of pyridine rings is 1. The lowest BCUT2D eigenvalue weighted by molar-refractivity contribution is -0.121. The van der Waals surface area contributed by atoms with Crippen LogP contribution in [0.5, 0.6) is 0 Å². The van der Waals surface area contributed by atoms with Gasteiger partial charge in [0.05, 0.1) is 11.9 Å².